The molecule has 0 fully saturated rings. The summed E-state index contributed by atoms with van der Waals surface area (Å²) >= 11 is 0. The van der Waals surface area contributed by atoms with Crippen molar-refractivity contribution in [2.24, 2.45) is 0 Å². The summed E-state index contributed by atoms with van der Waals surface area (Å²) in [6, 6.07) is 6.59. The highest BCUT2D eigenvalue weighted by Crippen LogP contribution is 2.15. The number of carbonyl (C=O) groups excluding carboxylic acids is 2. The second-order valence-corrected chi connectivity index (χ2v) is 4.31. The Kier molecular flexibility index (Phi) is 4.60. The Balaban J connectivity index is 2.04. The van der Waals surface area contributed by atoms with Crippen molar-refractivity contribution in [2.75, 3.05) is 5.32 Å². The minimum Gasteiger partial charge on any atom is -0.308 e. The molecule has 7 nitrogen and oxygen atoms in total. The van der Waals surface area contributed by atoms with Crippen LogP contribution in [-0.2, 0) is 0 Å². The number of amides is 3. The third-order valence-corrected chi connectivity index (χ3v) is 2.75. The lowest BCUT2D eigenvalue weighted by Gasteiger charge is -2.07. The fraction of sp³-hybridized carbons (Fsp3) is 0. The zero-order chi connectivity index (χ0) is 17.0. The van der Waals surface area contributed by atoms with Crippen LogP contribution in [0, 0.1) is 21.7 Å². The van der Waals surface area contributed by atoms with Crippen molar-refractivity contribution in [3.63, 3.8) is 0 Å². The molecule has 0 saturated heterocycles. The summed E-state index contributed by atoms with van der Waals surface area (Å²) in [5, 5.41) is 14.5. The van der Waals surface area contributed by atoms with Gasteiger partial charge in [0, 0.05) is 17.8 Å². The van der Waals surface area contributed by atoms with Crippen LogP contribution in [0.5, 0.6) is 0 Å². The average molecular weight is 321 g/mol. The molecule has 0 spiro atoms. The van der Waals surface area contributed by atoms with E-state index in [0.29, 0.717) is 0 Å². The van der Waals surface area contributed by atoms with Crippen LogP contribution in [0.25, 0.3) is 0 Å². The van der Waals surface area contributed by atoms with E-state index in [9.17, 15) is 28.5 Å². The van der Waals surface area contributed by atoms with Crippen molar-refractivity contribution in [3.8, 4) is 0 Å². The first-order chi connectivity index (χ1) is 10.9. The Morgan fingerprint density at radius 1 is 1.00 bits per heavy atom. The van der Waals surface area contributed by atoms with E-state index in [0.717, 1.165) is 30.3 Å². The Labute approximate surface area is 128 Å². The summed E-state index contributed by atoms with van der Waals surface area (Å²) in [5.41, 5.74) is -0.901. The molecule has 2 rings (SSSR count). The van der Waals surface area contributed by atoms with E-state index in [1.54, 1.807) is 5.32 Å². The Morgan fingerprint density at radius 3 is 2.09 bits per heavy atom. The van der Waals surface area contributed by atoms with E-state index in [2.05, 4.69) is 5.32 Å². The molecule has 0 atom stereocenters. The molecule has 2 aromatic rings. The molecule has 0 unspecified atom stereocenters. The van der Waals surface area contributed by atoms with Gasteiger partial charge in [0.25, 0.3) is 11.6 Å². The first-order valence-electron chi connectivity index (χ1n) is 6.19. The summed E-state index contributed by atoms with van der Waals surface area (Å²) in [4.78, 5) is 33.2. The van der Waals surface area contributed by atoms with Crippen LogP contribution in [0.2, 0.25) is 0 Å². The number of nitro benzene ring substituents is 1. The van der Waals surface area contributed by atoms with Gasteiger partial charge in [0.2, 0.25) is 0 Å². The van der Waals surface area contributed by atoms with Crippen molar-refractivity contribution >= 4 is 23.3 Å². The van der Waals surface area contributed by atoms with Crippen LogP contribution in [0.1, 0.15) is 10.4 Å². The van der Waals surface area contributed by atoms with E-state index >= 15 is 0 Å². The van der Waals surface area contributed by atoms with Gasteiger partial charge in [-0.15, -0.1) is 0 Å². The molecule has 0 heterocycles. The zero-order valence-corrected chi connectivity index (χ0v) is 11.4. The second kappa shape index (κ2) is 6.60. The molecule has 9 heteroatoms. The fourth-order valence-electron chi connectivity index (χ4n) is 1.71. The van der Waals surface area contributed by atoms with Gasteiger partial charge in [0.15, 0.2) is 0 Å². The van der Waals surface area contributed by atoms with Crippen molar-refractivity contribution in [2.45, 2.75) is 0 Å². The van der Waals surface area contributed by atoms with Gasteiger partial charge in [0.1, 0.15) is 17.2 Å². The molecular formula is C14H9F2N3O4. The van der Waals surface area contributed by atoms with Crippen LogP contribution in [0.15, 0.2) is 42.5 Å². The SMILES string of the molecule is O=C(NC(=O)c1c(F)cccc1F)Nc1ccc([N+](=O)[O-])cc1. The van der Waals surface area contributed by atoms with E-state index in [1.165, 1.54) is 12.1 Å². The standard InChI is InChI=1S/C14H9F2N3O4/c15-10-2-1-3-11(16)12(10)13(20)18-14(21)17-8-4-6-9(7-5-8)19(22)23/h1-7H,(H2,17,18,20,21). The molecule has 0 aliphatic heterocycles. The van der Waals surface area contributed by atoms with Gasteiger partial charge in [-0.05, 0) is 24.3 Å². The largest absolute Gasteiger partial charge is 0.326 e. The van der Waals surface area contributed by atoms with Gasteiger partial charge >= 0.3 is 6.03 Å². The molecule has 0 aliphatic carbocycles. The number of urea groups is 1. The number of nitrogens with zero attached hydrogens (tertiary/aromatic N) is 1. The van der Waals surface area contributed by atoms with Crippen LogP contribution in [0.4, 0.5) is 25.0 Å². The van der Waals surface area contributed by atoms with Gasteiger partial charge < -0.3 is 5.32 Å². The summed E-state index contributed by atoms with van der Waals surface area (Å²) in [6.07, 6.45) is 0. The van der Waals surface area contributed by atoms with Crippen LogP contribution in [0.3, 0.4) is 0 Å². The smallest absolute Gasteiger partial charge is 0.308 e. The molecule has 0 saturated carbocycles. The molecule has 3 amide bonds. The number of benzene rings is 2. The fourth-order valence-corrected chi connectivity index (χ4v) is 1.71. The molecule has 0 radical (unpaired) electrons. The van der Waals surface area contributed by atoms with Crippen molar-refractivity contribution in [3.05, 3.63) is 69.8 Å². The van der Waals surface area contributed by atoms with Gasteiger partial charge in [-0.2, -0.15) is 0 Å². The van der Waals surface area contributed by atoms with Crippen LogP contribution < -0.4 is 10.6 Å². The number of rotatable bonds is 3. The van der Waals surface area contributed by atoms with Gasteiger partial charge in [-0.3, -0.25) is 20.2 Å². The van der Waals surface area contributed by atoms with Gasteiger partial charge in [-0.25, -0.2) is 13.6 Å². The molecule has 2 aromatic carbocycles. The maximum atomic E-state index is 13.4. The maximum absolute atomic E-state index is 13.4. The minimum absolute atomic E-state index is 0.162. The Morgan fingerprint density at radius 2 is 1.57 bits per heavy atom. The summed E-state index contributed by atoms with van der Waals surface area (Å²) in [7, 11) is 0. The number of anilines is 1. The number of carbonyl (C=O) groups is 2. The molecule has 2 N–H and O–H groups in total. The van der Waals surface area contributed by atoms with Gasteiger partial charge in [-0.1, -0.05) is 6.07 Å². The Bertz CT molecular complexity index is 758. The van der Waals surface area contributed by atoms with Crippen molar-refractivity contribution in [1.29, 1.82) is 0 Å². The summed E-state index contributed by atoms with van der Waals surface area (Å²) < 4.78 is 26.8. The number of non-ortho nitro benzene ring substituents is 1. The highest BCUT2D eigenvalue weighted by atomic mass is 19.1. The zero-order valence-electron chi connectivity index (χ0n) is 11.4. The van der Waals surface area contributed by atoms with Crippen molar-refractivity contribution < 1.29 is 23.3 Å². The van der Waals surface area contributed by atoms with E-state index in [4.69, 9.17) is 0 Å². The molecule has 0 aliphatic rings. The van der Waals surface area contributed by atoms with Crippen LogP contribution in [-0.4, -0.2) is 16.9 Å². The van der Waals surface area contributed by atoms with E-state index in [-0.39, 0.29) is 11.4 Å². The topological polar surface area (TPSA) is 101 Å². The first kappa shape index (κ1) is 16.0. The molecule has 0 bridgehead atoms. The number of nitrogens with one attached hydrogen (secondary N) is 2. The molecule has 23 heavy (non-hydrogen) atoms. The molecule has 0 aromatic heterocycles. The highest BCUT2D eigenvalue weighted by Gasteiger charge is 2.19. The maximum Gasteiger partial charge on any atom is 0.326 e. The lowest BCUT2D eigenvalue weighted by molar-refractivity contribution is -0.384. The quantitative estimate of drug-likeness (QED) is 0.670. The van der Waals surface area contributed by atoms with E-state index < -0.39 is 34.1 Å². The highest BCUT2D eigenvalue weighted by molar-refractivity contribution is 6.08. The van der Waals surface area contributed by atoms with Crippen molar-refractivity contribution in [1.82, 2.24) is 5.32 Å². The van der Waals surface area contributed by atoms with Crippen LogP contribution >= 0.6 is 0 Å². The predicted octanol–water partition coefficient (Wildman–Crippen LogP) is 2.83. The number of imide groups is 1. The predicted molar refractivity (Wildman–Crippen MR) is 75.9 cm³/mol. The van der Waals surface area contributed by atoms with Gasteiger partial charge in [0.05, 0.1) is 4.92 Å². The lowest BCUT2D eigenvalue weighted by Crippen LogP contribution is -2.35. The third kappa shape index (κ3) is 3.84. The first-order valence-corrected chi connectivity index (χ1v) is 6.19. The monoisotopic (exact) mass is 321 g/mol. The van der Waals surface area contributed by atoms with E-state index in [1.807, 2.05) is 0 Å². The summed E-state index contributed by atoms with van der Waals surface area (Å²) in [6.45, 7) is 0. The number of nitro groups is 1. The lowest BCUT2D eigenvalue weighted by atomic mass is 10.2. The molecular weight excluding hydrogens is 312 g/mol. The number of hydrogen-bond donors (Lipinski definition) is 2. The minimum atomic E-state index is -1.25. The second-order valence-electron chi connectivity index (χ2n) is 4.31. The number of hydrogen-bond acceptors (Lipinski definition) is 4. The normalized spacial score (nSPS) is 10.0. The number of halogens is 2. The molecule has 118 valence electrons. The average Bonchev–Trinajstić information content (AvgIpc) is 2.47. The third-order valence-electron chi connectivity index (χ3n) is 2.75. The Hall–Kier alpha value is -3.36. The summed E-state index contributed by atoms with van der Waals surface area (Å²) in [5.74, 6) is -3.46.